The lowest BCUT2D eigenvalue weighted by molar-refractivity contribution is 0.450. The zero-order valence-corrected chi connectivity index (χ0v) is 11.1. The van der Waals surface area contributed by atoms with E-state index in [1.807, 2.05) is 18.5 Å². The molecule has 0 amide bonds. The van der Waals surface area contributed by atoms with Gasteiger partial charge in [0, 0.05) is 23.8 Å². The lowest BCUT2D eigenvalue weighted by Crippen LogP contribution is -2.28. The van der Waals surface area contributed by atoms with E-state index in [1.165, 1.54) is 16.3 Å². The molecule has 18 heavy (non-hydrogen) atoms. The molecule has 2 rings (SSSR count). The van der Waals surface area contributed by atoms with Crippen molar-refractivity contribution in [3.05, 3.63) is 42.2 Å². The maximum absolute atomic E-state index is 5.71. The van der Waals surface area contributed by atoms with Gasteiger partial charge in [0.1, 0.15) is 0 Å². The fourth-order valence-corrected chi connectivity index (χ4v) is 2.27. The summed E-state index contributed by atoms with van der Waals surface area (Å²) in [5.74, 6) is 6.40. The Balaban J connectivity index is 2.32. The first-order chi connectivity index (χ1) is 8.72. The molecule has 0 aliphatic heterocycles. The summed E-state index contributed by atoms with van der Waals surface area (Å²) >= 11 is 0. The number of hydrogen-bond donors (Lipinski definition) is 2. The minimum absolute atomic E-state index is 0.195. The number of hydrogen-bond acceptors (Lipinski definition) is 3. The molecule has 3 nitrogen and oxygen atoms in total. The number of nitrogens with one attached hydrogen (secondary N) is 1. The van der Waals surface area contributed by atoms with Crippen LogP contribution in [0.1, 0.15) is 38.3 Å². The molecule has 3 heteroatoms. The molecule has 2 aromatic rings. The van der Waals surface area contributed by atoms with Gasteiger partial charge in [-0.15, -0.1) is 0 Å². The highest BCUT2D eigenvalue weighted by Crippen LogP contribution is 2.27. The summed E-state index contributed by atoms with van der Waals surface area (Å²) in [5, 5.41) is 2.40. The van der Waals surface area contributed by atoms with E-state index < -0.39 is 0 Å². The largest absolute Gasteiger partial charge is 0.271 e. The van der Waals surface area contributed by atoms with E-state index in [1.54, 1.807) is 0 Å². The SMILES string of the molecule is CC(C)CCC(NN)c1cccc2ccncc12. The molecule has 0 bridgehead atoms. The maximum atomic E-state index is 5.71. The molecule has 0 aliphatic rings. The second-order valence-electron chi connectivity index (χ2n) is 5.13. The van der Waals surface area contributed by atoms with E-state index in [4.69, 9.17) is 5.84 Å². The van der Waals surface area contributed by atoms with Crippen molar-refractivity contribution < 1.29 is 0 Å². The summed E-state index contributed by atoms with van der Waals surface area (Å²) in [4.78, 5) is 4.22. The van der Waals surface area contributed by atoms with Gasteiger partial charge in [0.25, 0.3) is 0 Å². The van der Waals surface area contributed by atoms with Gasteiger partial charge < -0.3 is 0 Å². The van der Waals surface area contributed by atoms with Crippen molar-refractivity contribution in [2.75, 3.05) is 0 Å². The van der Waals surface area contributed by atoms with Crippen LogP contribution in [0.15, 0.2) is 36.7 Å². The number of nitrogens with two attached hydrogens (primary N) is 1. The zero-order valence-electron chi connectivity index (χ0n) is 11.1. The molecule has 1 unspecified atom stereocenters. The van der Waals surface area contributed by atoms with Crippen LogP contribution in [0.25, 0.3) is 10.8 Å². The van der Waals surface area contributed by atoms with Crippen molar-refractivity contribution in [2.45, 2.75) is 32.7 Å². The normalized spacial score (nSPS) is 13.1. The van der Waals surface area contributed by atoms with Gasteiger partial charge in [0.2, 0.25) is 0 Å². The Hall–Kier alpha value is -1.45. The second-order valence-corrected chi connectivity index (χ2v) is 5.13. The van der Waals surface area contributed by atoms with Gasteiger partial charge in [-0.3, -0.25) is 16.3 Å². The standard InChI is InChI=1S/C15H21N3/c1-11(2)6-7-15(18-16)13-5-3-4-12-8-9-17-10-14(12)13/h3-5,8-11,15,18H,6-7,16H2,1-2H3. The first-order valence-electron chi connectivity index (χ1n) is 6.51. The summed E-state index contributed by atoms with van der Waals surface area (Å²) in [6, 6.07) is 8.55. The maximum Gasteiger partial charge on any atom is 0.0466 e. The van der Waals surface area contributed by atoms with Crippen LogP contribution in [-0.4, -0.2) is 4.98 Å². The minimum Gasteiger partial charge on any atom is -0.271 e. The molecule has 0 saturated heterocycles. The Labute approximate surface area is 108 Å². The third-order valence-electron chi connectivity index (χ3n) is 3.33. The molecule has 1 heterocycles. The lowest BCUT2D eigenvalue weighted by Gasteiger charge is -2.19. The van der Waals surface area contributed by atoms with Gasteiger partial charge >= 0.3 is 0 Å². The van der Waals surface area contributed by atoms with Gasteiger partial charge in [-0.25, -0.2) is 0 Å². The molecule has 1 aromatic carbocycles. The highest BCUT2D eigenvalue weighted by Gasteiger charge is 2.13. The van der Waals surface area contributed by atoms with Crippen molar-refractivity contribution in [3.8, 4) is 0 Å². The number of aromatic nitrogens is 1. The molecule has 0 fully saturated rings. The predicted octanol–water partition coefficient (Wildman–Crippen LogP) is 3.18. The summed E-state index contributed by atoms with van der Waals surface area (Å²) in [7, 11) is 0. The molecule has 0 saturated carbocycles. The molecule has 0 aliphatic carbocycles. The first kappa shape index (κ1) is 13.0. The fourth-order valence-electron chi connectivity index (χ4n) is 2.27. The Bertz CT molecular complexity index is 503. The monoisotopic (exact) mass is 243 g/mol. The van der Waals surface area contributed by atoms with Crippen molar-refractivity contribution in [2.24, 2.45) is 11.8 Å². The van der Waals surface area contributed by atoms with Crippen LogP contribution < -0.4 is 11.3 Å². The molecular weight excluding hydrogens is 222 g/mol. The van der Waals surface area contributed by atoms with Gasteiger partial charge in [-0.1, -0.05) is 32.0 Å². The van der Waals surface area contributed by atoms with Crippen LogP contribution in [0.3, 0.4) is 0 Å². The van der Waals surface area contributed by atoms with E-state index in [2.05, 4.69) is 42.5 Å². The molecule has 0 spiro atoms. The average molecular weight is 243 g/mol. The highest BCUT2D eigenvalue weighted by molar-refractivity contribution is 5.85. The number of nitrogens with zero attached hydrogens (tertiary/aromatic N) is 1. The average Bonchev–Trinajstić information content (AvgIpc) is 2.39. The summed E-state index contributed by atoms with van der Waals surface area (Å²) in [5.41, 5.74) is 4.18. The fraction of sp³-hybridized carbons (Fsp3) is 0.400. The Morgan fingerprint density at radius 2 is 2.06 bits per heavy atom. The van der Waals surface area contributed by atoms with E-state index in [0.29, 0.717) is 5.92 Å². The third kappa shape index (κ3) is 2.86. The molecule has 96 valence electrons. The summed E-state index contributed by atoms with van der Waals surface area (Å²) in [6.45, 7) is 4.47. The Morgan fingerprint density at radius 3 is 2.78 bits per heavy atom. The van der Waals surface area contributed by atoms with Crippen LogP contribution >= 0.6 is 0 Å². The summed E-state index contributed by atoms with van der Waals surface area (Å²) in [6.07, 6.45) is 5.95. The quantitative estimate of drug-likeness (QED) is 0.626. The highest BCUT2D eigenvalue weighted by atomic mass is 15.2. The van der Waals surface area contributed by atoms with E-state index in [-0.39, 0.29) is 6.04 Å². The van der Waals surface area contributed by atoms with E-state index in [0.717, 1.165) is 12.8 Å². The van der Waals surface area contributed by atoms with Crippen LogP contribution in [0.5, 0.6) is 0 Å². The topological polar surface area (TPSA) is 50.9 Å². The van der Waals surface area contributed by atoms with Crippen LogP contribution in [-0.2, 0) is 0 Å². The number of benzene rings is 1. The number of rotatable bonds is 5. The van der Waals surface area contributed by atoms with Crippen LogP contribution in [0.2, 0.25) is 0 Å². The lowest BCUT2D eigenvalue weighted by atomic mass is 9.95. The summed E-state index contributed by atoms with van der Waals surface area (Å²) < 4.78 is 0. The van der Waals surface area contributed by atoms with E-state index in [9.17, 15) is 0 Å². The number of fused-ring (bicyclic) bond motifs is 1. The zero-order chi connectivity index (χ0) is 13.0. The smallest absolute Gasteiger partial charge is 0.0466 e. The number of hydrazine groups is 1. The molecular formula is C15H21N3. The Kier molecular flexibility index (Phi) is 4.28. The second kappa shape index (κ2) is 5.94. The third-order valence-corrected chi connectivity index (χ3v) is 3.33. The van der Waals surface area contributed by atoms with Crippen LogP contribution in [0, 0.1) is 5.92 Å². The van der Waals surface area contributed by atoms with Gasteiger partial charge in [0.05, 0.1) is 0 Å². The number of pyridine rings is 1. The van der Waals surface area contributed by atoms with Crippen molar-refractivity contribution >= 4 is 10.8 Å². The van der Waals surface area contributed by atoms with Crippen molar-refractivity contribution in [1.29, 1.82) is 0 Å². The van der Waals surface area contributed by atoms with Gasteiger partial charge in [-0.05, 0) is 35.8 Å². The first-order valence-corrected chi connectivity index (χ1v) is 6.51. The van der Waals surface area contributed by atoms with Crippen molar-refractivity contribution in [3.63, 3.8) is 0 Å². The molecule has 1 aromatic heterocycles. The molecule has 0 radical (unpaired) electrons. The minimum atomic E-state index is 0.195. The predicted molar refractivity (Wildman–Crippen MR) is 75.9 cm³/mol. The van der Waals surface area contributed by atoms with Crippen LogP contribution in [0.4, 0.5) is 0 Å². The van der Waals surface area contributed by atoms with E-state index >= 15 is 0 Å². The van der Waals surface area contributed by atoms with Crippen molar-refractivity contribution in [1.82, 2.24) is 10.4 Å². The molecule has 3 N–H and O–H groups in total. The molecule has 1 atom stereocenters. The van der Waals surface area contributed by atoms with Gasteiger partial charge in [0.15, 0.2) is 0 Å². The Morgan fingerprint density at radius 1 is 1.22 bits per heavy atom. The van der Waals surface area contributed by atoms with Gasteiger partial charge in [-0.2, -0.15) is 0 Å².